The van der Waals surface area contributed by atoms with Crippen LogP contribution in [-0.2, 0) is 16.6 Å². The second kappa shape index (κ2) is 5.58. The summed E-state index contributed by atoms with van der Waals surface area (Å²) in [5.74, 6) is 0. The fourth-order valence-corrected chi connectivity index (χ4v) is 3.99. The highest BCUT2D eigenvalue weighted by Crippen LogP contribution is 2.20. The van der Waals surface area contributed by atoms with E-state index >= 15 is 0 Å². The van der Waals surface area contributed by atoms with Gasteiger partial charge in [-0.15, -0.1) is 0 Å². The summed E-state index contributed by atoms with van der Waals surface area (Å²) in [5, 5.41) is 9.21. The van der Waals surface area contributed by atoms with Gasteiger partial charge in [0.25, 0.3) is 0 Å². The third-order valence-electron chi connectivity index (χ3n) is 3.57. The number of benzene rings is 1. The summed E-state index contributed by atoms with van der Waals surface area (Å²) < 4.78 is 27.5. The largest absolute Gasteiger partial charge is 0.392 e. The van der Waals surface area contributed by atoms with Gasteiger partial charge in [-0.25, -0.2) is 13.1 Å². The summed E-state index contributed by atoms with van der Waals surface area (Å²) in [5.41, 5.74) is 1.26. The molecule has 1 unspecified atom stereocenters. The quantitative estimate of drug-likeness (QED) is 0.843. The van der Waals surface area contributed by atoms with Crippen LogP contribution in [0.25, 0.3) is 0 Å². The van der Waals surface area contributed by atoms with E-state index in [1.807, 2.05) is 7.05 Å². The van der Waals surface area contributed by atoms with E-state index in [0.717, 1.165) is 19.5 Å². The molecule has 0 spiro atoms. The molecule has 5 nitrogen and oxygen atoms in total. The first kappa shape index (κ1) is 14.5. The number of nitrogens with zero attached hydrogens (tertiary/aromatic N) is 1. The first-order valence-electron chi connectivity index (χ1n) is 6.34. The van der Waals surface area contributed by atoms with Gasteiger partial charge in [0.1, 0.15) is 0 Å². The summed E-state index contributed by atoms with van der Waals surface area (Å²) >= 11 is 0. The zero-order valence-electron chi connectivity index (χ0n) is 11.3. The third-order valence-corrected chi connectivity index (χ3v) is 5.23. The lowest BCUT2D eigenvalue weighted by Gasteiger charge is -2.15. The van der Waals surface area contributed by atoms with Crippen LogP contribution in [0.3, 0.4) is 0 Å². The Kier molecular flexibility index (Phi) is 4.25. The standard InChI is InChI=1S/C13H20N2O3S/c1-10-11(9-16)4-3-5-13(10)19(17,18)14-12-6-7-15(2)8-12/h3-5,12,14,16H,6-9H2,1-2H3. The predicted octanol–water partition coefficient (Wildman–Crippen LogP) is 0.470. The van der Waals surface area contributed by atoms with Crippen LogP contribution in [0.5, 0.6) is 0 Å². The zero-order valence-corrected chi connectivity index (χ0v) is 12.1. The van der Waals surface area contributed by atoms with E-state index in [0.29, 0.717) is 11.1 Å². The molecule has 2 N–H and O–H groups in total. The number of sulfonamides is 1. The molecule has 2 rings (SSSR count). The lowest BCUT2D eigenvalue weighted by Crippen LogP contribution is -2.36. The Hall–Kier alpha value is -0.950. The third kappa shape index (κ3) is 3.14. The van der Waals surface area contributed by atoms with E-state index in [4.69, 9.17) is 0 Å². The second-order valence-corrected chi connectivity index (χ2v) is 6.75. The van der Waals surface area contributed by atoms with E-state index in [9.17, 15) is 13.5 Å². The van der Waals surface area contributed by atoms with Crippen LogP contribution < -0.4 is 4.72 Å². The number of likely N-dealkylation sites (N-methyl/N-ethyl adjacent to an activating group) is 1. The van der Waals surface area contributed by atoms with Crippen LogP contribution in [0.4, 0.5) is 0 Å². The molecular formula is C13H20N2O3S. The maximum absolute atomic E-state index is 12.4. The van der Waals surface area contributed by atoms with Crippen molar-refractivity contribution in [2.45, 2.75) is 30.9 Å². The van der Waals surface area contributed by atoms with Crippen molar-refractivity contribution in [1.82, 2.24) is 9.62 Å². The minimum absolute atomic E-state index is 0.0350. The van der Waals surface area contributed by atoms with E-state index in [1.165, 1.54) is 0 Å². The topological polar surface area (TPSA) is 69.6 Å². The van der Waals surface area contributed by atoms with Crippen LogP contribution >= 0.6 is 0 Å². The molecule has 0 aromatic heterocycles. The Balaban J connectivity index is 2.24. The van der Waals surface area contributed by atoms with Gasteiger partial charge in [-0.1, -0.05) is 12.1 Å². The van der Waals surface area contributed by atoms with Crippen molar-refractivity contribution >= 4 is 10.0 Å². The van der Waals surface area contributed by atoms with Crippen LogP contribution in [0.15, 0.2) is 23.1 Å². The molecule has 19 heavy (non-hydrogen) atoms. The highest BCUT2D eigenvalue weighted by atomic mass is 32.2. The van der Waals surface area contributed by atoms with Gasteiger partial charge in [0.2, 0.25) is 10.0 Å². The molecule has 1 saturated heterocycles. The predicted molar refractivity (Wildman–Crippen MR) is 73.3 cm³/mol. The Morgan fingerprint density at radius 1 is 1.47 bits per heavy atom. The van der Waals surface area contributed by atoms with Crippen molar-refractivity contribution in [2.24, 2.45) is 0 Å². The maximum Gasteiger partial charge on any atom is 0.241 e. The van der Waals surface area contributed by atoms with Crippen LogP contribution in [0, 0.1) is 6.92 Å². The van der Waals surface area contributed by atoms with Crippen molar-refractivity contribution in [1.29, 1.82) is 0 Å². The highest BCUT2D eigenvalue weighted by Gasteiger charge is 2.26. The molecule has 1 aromatic carbocycles. The summed E-state index contributed by atoms with van der Waals surface area (Å²) in [6, 6.07) is 4.94. The molecule has 0 saturated carbocycles. The zero-order chi connectivity index (χ0) is 14.0. The molecule has 1 atom stereocenters. The monoisotopic (exact) mass is 284 g/mol. The Bertz CT molecular complexity index is 557. The average Bonchev–Trinajstić information content (AvgIpc) is 2.74. The molecular weight excluding hydrogens is 264 g/mol. The highest BCUT2D eigenvalue weighted by molar-refractivity contribution is 7.89. The number of hydrogen-bond donors (Lipinski definition) is 2. The lowest BCUT2D eigenvalue weighted by atomic mass is 10.1. The molecule has 6 heteroatoms. The van der Waals surface area contributed by atoms with Crippen LogP contribution in [-0.4, -0.2) is 44.6 Å². The minimum atomic E-state index is -3.52. The van der Waals surface area contributed by atoms with Gasteiger partial charge < -0.3 is 10.0 Å². The van der Waals surface area contributed by atoms with Crippen LogP contribution in [0.2, 0.25) is 0 Å². The molecule has 106 valence electrons. The van der Waals surface area contributed by atoms with Gasteiger partial charge in [0.15, 0.2) is 0 Å². The summed E-state index contributed by atoms with van der Waals surface area (Å²) in [6.07, 6.45) is 0.828. The first-order chi connectivity index (χ1) is 8.94. The molecule has 1 fully saturated rings. The maximum atomic E-state index is 12.4. The van der Waals surface area contributed by atoms with Crippen molar-refractivity contribution in [3.63, 3.8) is 0 Å². The number of aliphatic hydroxyl groups is 1. The molecule has 1 aliphatic rings. The van der Waals surface area contributed by atoms with Crippen molar-refractivity contribution in [3.8, 4) is 0 Å². The van der Waals surface area contributed by atoms with Gasteiger partial charge in [0.05, 0.1) is 11.5 Å². The average molecular weight is 284 g/mol. The van der Waals surface area contributed by atoms with E-state index in [-0.39, 0.29) is 17.5 Å². The van der Waals surface area contributed by atoms with Crippen molar-refractivity contribution in [2.75, 3.05) is 20.1 Å². The molecule has 1 aromatic rings. The Labute approximate surface area is 114 Å². The van der Waals surface area contributed by atoms with E-state index < -0.39 is 10.0 Å². The van der Waals surface area contributed by atoms with E-state index in [2.05, 4.69) is 9.62 Å². The number of nitrogens with one attached hydrogen (secondary N) is 1. The smallest absolute Gasteiger partial charge is 0.241 e. The van der Waals surface area contributed by atoms with E-state index in [1.54, 1.807) is 25.1 Å². The van der Waals surface area contributed by atoms with Crippen molar-refractivity contribution in [3.05, 3.63) is 29.3 Å². The van der Waals surface area contributed by atoms with Crippen LogP contribution in [0.1, 0.15) is 17.5 Å². The molecule has 0 bridgehead atoms. The SMILES string of the molecule is Cc1c(CO)cccc1S(=O)(=O)NC1CCN(C)C1. The van der Waals surface area contributed by atoms with Gasteiger partial charge in [0, 0.05) is 12.6 Å². The number of rotatable bonds is 4. The van der Waals surface area contributed by atoms with Gasteiger partial charge in [-0.2, -0.15) is 0 Å². The second-order valence-electron chi connectivity index (χ2n) is 5.07. The minimum Gasteiger partial charge on any atom is -0.392 e. The summed E-state index contributed by atoms with van der Waals surface area (Å²) in [4.78, 5) is 2.36. The Morgan fingerprint density at radius 3 is 2.79 bits per heavy atom. The van der Waals surface area contributed by atoms with Gasteiger partial charge in [-0.3, -0.25) is 0 Å². The number of likely N-dealkylation sites (tertiary alicyclic amines) is 1. The molecule has 1 aliphatic heterocycles. The number of hydrogen-bond acceptors (Lipinski definition) is 4. The summed E-state index contributed by atoms with van der Waals surface area (Å²) in [6.45, 7) is 3.21. The van der Waals surface area contributed by atoms with Gasteiger partial charge in [-0.05, 0) is 44.1 Å². The van der Waals surface area contributed by atoms with Crippen molar-refractivity contribution < 1.29 is 13.5 Å². The number of aliphatic hydroxyl groups excluding tert-OH is 1. The lowest BCUT2D eigenvalue weighted by molar-refractivity contribution is 0.280. The normalized spacial score (nSPS) is 20.9. The van der Waals surface area contributed by atoms with Gasteiger partial charge >= 0.3 is 0 Å². The fraction of sp³-hybridized carbons (Fsp3) is 0.538. The first-order valence-corrected chi connectivity index (χ1v) is 7.82. The molecule has 0 amide bonds. The fourth-order valence-electron chi connectivity index (χ4n) is 2.44. The summed E-state index contributed by atoms with van der Waals surface area (Å²) in [7, 11) is -1.54. The Morgan fingerprint density at radius 2 is 2.21 bits per heavy atom. The molecule has 0 aliphatic carbocycles. The molecule has 1 heterocycles. The molecule has 0 radical (unpaired) electrons.